The lowest BCUT2D eigenvalue weighted by atomic mass is 9.65. The van der Waals surface area contributed by atoms with E-state index in [0.717, 1.165) is 6.42 Å². The summed E-state index contributed by atoms with van der Waals surface area (Å²) >= 11 is 0. The van der Waals surface area contributed by atoms with Gasteiger partial charge in [-0.05, 0) is 106 Å². The summed E-state index contributed by atoms with van der Waals surface area (Å²) in [5.74, 6) is 0.349. The molecule has 0 amide bonds. The molecule has 3 aliphatic carbocycles. The van der Waals surface area contributed by atoms with E-state index in [9.17, 15) is 0 Å². The van der Waals surface area contributed by atoms with Gasteiger partial charge in [0.25, 0.3) is 0 Å². The predicted molar refractivity (Wildman–Crippen MR) is 242 cm³/mol. The molecule has 1 spiro atoms. The van der Waals surface area contributed by atoms with Crippen LogP contribution in [0.15, 0.2) is 224 Å². The summed E-state index contributed by atoms with van der Waals surface area (Å²) in [6, 6.07) is 75.3. The molecule has 272 valence electrons. The summed E-state index contributed by atoms with van der Waals surface area (Å²) in [5, 5.41) is 5.09. The molecule has 0 radical (unpaired) electrons. The first kappa shape index (κ1) is 33.2. The third-order valence-electron chi connectivity index (χ3n) is 13.4. The molecule has 0 heteroatoms. The standard InChI is InChI=1S/C58H40/c1-3-18-44-38(14-1)16-11-23-46(44)40-30-34-42(35-31-40)56(43-36-32-41(33-37-43)47-24-12-17-39-15-2-4-19-45(39)47)52-26-13-25-51-50-22-7-10-29-55(50)58(57(51)52)53-27-8-5-20-48(53)49-21-6-9-28-54(49)58/h1-20,22-37,49,56H,21H2. The van der Waals surface area contributed by atoms with Gasteiger partial charge in [0, 0.05) is 11.8 Å². The quantitative estimate of drug-likeness (QED) is 0.154. The molecule has 0 aliphatic heterocycles. The van der Waals surface area contributed by atoms with E-state index in [1.165, 1.54) is 99.4 Å². The van der Waals surface area contributed by atoms with Crippen LogP contribution in [0.1, 0.15) is 57.2 Å². The van der Waals surface area contributed by atoms with Crippen LogP contribution in [0.4, 0.5) is 0 Å². The summed E-state index contributed by atoms with van der Waals surface area (Å²) in [7, 11) is 0. The highest BCUT2D eigenvalue weighted by molar-refractivity contribution is 5.98. The molecule has 0 saturated heterocycles. The Morgan fingerprint density at radius 3 is 1.62 bits per heavy atom. The Morgan fingerprint density at radius 2 is 0.948 bits per heavy atom. The Morgan fingerprint density at radius 1 is 0.431 bits per heavy atom. The first-order valence-electron chi connectivity index (χ1n) is 20.6. The number of rotatable bonds is 5. The van der Waals surface area contributed by atoms with Gasteiger partial charge in [0.2, 0.25) is 0 Å². The summed E-state index contributed by atoms with van der Waals surface area (Å²) < 4.78 is 0. The lowest BCUT2D eigenvalue weighted by Gasteiger charge is -2.36. The second-order valence-corrected chi connectivity index (χ2v) is 16.2. The Balaban J connectivity index is 1.10. The fourth-order valence-corrected chi connectivity index (χ4v) is 11.0. The molecule has 0 aromatic heterocycles. The van der Waals surface area contributed by atoms with Crippen LogP contribution in [0.5, 0.6) is 0 Å². The van der Waals surface area contributed by atoms with E-state index in [0.29, 0.717) is 5.92 Å². The van der Waals surface area contributed by atoms with E-state index in [4.69, 9.17) is 0 Å². The lowest BCUT2D eigenvalue weighted by Crippen LogP contribution is -2.29. The highest BCUT2D eigenvalue weighted by Gasteiger charge is 2.56. The average Bonchev–Trinajstić information content (AvgIpc) is 3.77. The van der Waals surface area contributed by atoms with Crippen molar-refractivity contribution < 1.29 is 0 Å². The minimum Gasteiger partial charge on any atom is -0.0836 e. The van der Waals surface area contributed by atoms with Gasteiger partial charge in [0.1, 0.15) is 0 Å². The first-order valence-corrected chi connectivity index (χ1v) is 20.6. The van der Waals surface area contributed by atoms with Gasteiger partial charge in [0.05, 0.1) is 5.41 Å². The van der Waals surface area contributed by atoms with Crippen LogP contribution in [-0.2, 0) is 5.41 Å². The molecule has 58 heavy (non-hydrogen) atoms. The smallest absolute Gasteiger partial charge is 0.0688 e. The largest absolute Gasteiger partial charge is 0.0836 e. The zero-order valence-electron chi connectivity index (χ0n) is 32.1. The maximum absolute atomic E-state index is 2.45. The molecule has 0 fully saturated rings. The Hall–Kier alpha value is -7.02. The van der Waals surface area contributed by atoms with Gasteiger partial charge < -0.3 is 0 Å². The van der Waals surface area contributed by atoms with E-state index in [-0.39, 0.29) is 11.3 Å². The lowest BCUT2D eigenvalue weighted by molar-refractivity contribution is 0.697. The number of hydrogen-bond donors (Lipinski definition) is 0. The highest BCUT2D eigenvalue weighted by atomic mass is 14.6. The zero-order chi connectivity index (χ0) is 38.2. The summed E-state index contributed by atoms with van der Waals surface area (Å²) in [4.78, 5) is 0. The van der Waals surface area contributed by atoms with Crippen LogP contribution in [0.3, 0.4) is 0 Å². The van der Waals surface area contributed by atoms with Crippen LogP contribution >= 0.6 is 0 Å². The normalized spacial score (nSPS) is 17.3. The van der Waals surface area contributed by atoms with Crippen molar-refractivity contribution >= 4 is 21.5 Å². The molecule has 12 rings (SSSR count). The molecule has 9 aromatic carbocycles. The molecule has 0 saturated carbocycles. The number of fused-ring (bicyclic) bond motifs is 12. The molecule has 2 unspecified atom stereocenters. The zero-order valence-corrected chi connectivity index (χ0v) is 32.1. The van der Waals surface area contributed by atoms with Gasteiger partial charge in [-0.15, -0.1) is 0 Å². The van der Waals surface area contributed by atoms with Crippen LogP contribution in [0.25, 0.3) is 54.9 Å². The van der Waals surface area contributed by atoms with Crippen molar-refractivity contribution in [1.82, 2.24) is 0 Å². The predicted octanol–water partition coefficient (Wildman–Crippen LogP) is 14.8. The third-order valence-corrected chi connectivity index (χ3v) is 13.4. The monoisotopic (exact) mass is 736 g/mol. The second kappa shape index (κ2) is 13.0. The van der Waals surface area contributed by atoms with Gasteiger partial charge in [-0.1, -0.05) is 218 Å². The fourth-order valence-electron chi connectivity index (χ4n) is 11.0. The van der Waals surface area contributed by atoms with Crippen molar-refractivity contribution in [2.45, 2.75) is 23.7 Å². The number of hydrogen-bond acceptors (Lipinski definition) is 0. The van der Waals surface area contributed by atoms with Crippen LogP contribution in [-0.4, -0.2) is 0 Å². The maximum Gasteiger partial charge on any atom is 0.0688 e. The van der Waals surface area contributed by atoms with E-state index in [1.54, 1.807) is 0 Å². The molecule has 3 aliphatic rings. The van der Waals surface area contributed by atoms with Crippen molar-refractivity contribution in [3.8, 4) is 33.4 Å². The molecule has 0 N–H and O–H groups in total. The number of benzene rings is 9. The van der Waals surface area contributed by atoms with Gasteiger partial charge >= 0.3 is 0 Å². The Labute approximate surface area is 340 Å². The first-order chi connectivity index (χ1) is 28.8. The molecular weight excluding hydrogens is 697 g/mol. The van der Waals surface area contributed by atoms with Crippen LogP contribution in [0.2, 0.25) is 0 Å². The molecule has 0 nitrogen and oxygen atoms in total. The van der Waals surface area contributed by atoms with Crippen LogP contribution < -0.4 is 0 Å². The Bertz CT molecular complexity index is 3010. The van der Waals surface area contributed by atoms with Gasteiger partial charge in [-0.3, -0.25) is 0 Å². The van der Waals surface area contributed by atoms with Gasteiger partial charge in [0.15, 0.2) is 0 Å². The van der Waals surface area contributed by atoms with E-state index in [1.807, 2.05) is 0 Å². The topological polar surface area (TPSA) is 0 Å². The van der Waals surface area contributed by atoms with Gasteiger partial charge in [-0.25, -0.2) is 0 Å². The van der Waals surface area contributed by atoms with Crippen molar-refractivity contribution in [1.29, 1.82) is 0 Å². The average molecular weight is 737 g/mol. The van der Waals surface area contributed by atoms with Crippen molar-refractivity contribution in [2.24, 2.45) is 0 Å². The number of allylic oxidation sites excluding steroid dienone is 4. The molecule has 0 bridgehead atoms. The molecule has 2 atom stereocenters. The molecule has 0 heterocycles. The minimum absolute atomic E-state index is 0.00443. The molecular formula is C58H40. The third kappa shape index (κ3) is 4.76. The highest BCUT2D eigenvalue weighted by Crippen LogP contribution is 2.66. The van der Waals surface area contributed by atoms with E-state index in [2.05, 4.69) is 218 Å². The maximum atomic E-state index is 2.45. The van der Waals surface area contributed by atoms with Crippen molar-refractivity contribution in [2.75, 3.05) is 0 Å². The molecule has 9 aromatic rings. The SMILES string of the molecule is C1=CCC2C(=C1)C1(c3ccccc3-c3cccc(C(c4ccc(-c5cccc6ccccc56)cc4)c4ccc(-c5cccc6ccccc56)cc4)c31)c1ccccc12. The Kier molecular flexibility index (Phi) is 7.44. The van der Waals surface area contributed by atoms with Gasteiger partial charge in [-0.2, -0.15) is 0 Å². The summed E-state index contributed by atoms with van der Waals surface area (Å²) in [5.41, 5.74) is 18.5. The minimum atomic E-state index is -0.376. The summed E-state index contributed by atoms with van der Waals surface area (Å²) in [6.45, 7) is 0. The van der Waals surface area contributed by atoms with Crippen LogP contribution in [0, 0.1) is 0 Å². The van der Waals surface area contributed by atoms with E-state index >= 15 is 0 Å². The van der Waals surface area contributed by atoms with Crippen molar-refractivity contribution in [3.05, 3.63) is 263 Å². The summed E-state index contributed by atoms with van der Waals surface area (Å²) in [6.07, 6.45) is 8.14. The fraction of sp³-hybridized carbons (Fsp3) is 0.0690. The second-order valence-electron chi connectivity index (χ2n) is 16.2. The van der Waals surface area contributed by atoms with Crippen molar-refractivity contribution in [3.63, 3.8) is 0 Å². The van der Waals surface area contributed by atoms with E-state index < -0.39 is 0 Å².